The third kappa shape index (κ3) is 2.34. The number of carboxylic acids is 1. The highest BCUT2D eigenvalue weighted by molar-refractivity contribution is 6.05. The smallest absolute Gasteiger partial charge is 0.339 e. The second-order valence-corrected chi connectivity index (χ2v) is 3.60. The van der Waals surface area contributed by atoms with Gasteiger partial charge in [-0.1, -0.05) is 0 Å². The van der Waals surface area contributed by atoms with Crippen LogP contribution in [0.2, 0.25) is 0 Å². The molecule has 2 aromatic rings. The summed E-state index contributed by atoms with van der Waals surface area (Å²) in [6.07, 6.45) is 1.40. The molecule has 2 heterocycles. The molecule has 0 radical (unpaired) electrons. The van der Waals surface area contributed by atoms with Crippen LogP contribution in [-0.4, -0.2) is 32.2 Å². The third-order valence-corrected chi connectivity index (χ3v) is 2.21. The van der Waals surface area contributed by atoms with Gasteiger partial charge in [0.2, 0.25) is 0 Å². The van der Waals surface area contributed by atoms with Crippen LogP contribution in [0.1, 0.15) is 26.5 Å². The number of aryl methyl sites for hydroxylation is 1. The van der Waals surface area contributed by atoms with Gasteiger partial charge in [0.05, 0.1) is 0 Å². The minimum absolute atomic E-state index is 0.00402. The van der Waals surface area contributed by atoms with Crippen LogP contribution in [0.25, 0.3) is 0 Å². The van der Waals surface area contributed by atoms with Crippen molar-refractivity contribution >= 4 is 17.7 Å². The molecule has 7 heteroatoms. The number of H-pyrrole nitrogens is 1. The summed E-state index contributed by atoms with van der Waals surface area (Å²) in [6, 6.07) is 4.40. The van der Waals surface area contributed by atoms with Crippen LogP contribution in [0.4, 0.5) is 5.82 Å². The van der Waals surface area contributed by atoms with Crippen molar-refractivity contribution in [3.63, 3.8) is 0 Å². The molecule has 3 N–H and O–H groups in total. The van der Waals surface area contributed by atoms with Crippen LogP contribution in [0.3, 0.4) is 0 Å². The maximum absolute atomic E-state index is 11.8. The van der Waals surface area contributed by atoms with Crippen molar-refractivity contribution in [2.24, 2.45) is 0 Å². The first-order valence-electron chi connectivity index (χ1n) is 5.09. The average molecular weight is 246 g/mol. The van der Waals surface area contributed by atoms with E-state index in [0.717, 1.165) is 5.69 Å². The van der Waals surface area contributed by atoms with E-state index in [1.165, 1.54) is 18.3 Å². The number of carboxylic acid groups (broad SMARTS) is 1. The predicted octanol–water partition coefficient (Wildman–Crippen LogP) is 1.06. The zero-order valence-corrected chi connectivity index (χ0v) is 9.47. The molecule has 0 saturated heterocycles. The Labute approximate surface area is 102 Å². The fourth-order valence-electron chi connectivity index (χ4n) is 1.38. The zero-order chi connectivity index (χ0) is 13.1. The van der Waals surface area contributed by atoms with E-state index in [1.807, 2.05) is 0 Å². The highest BCUT2D eigenvalue weighted by atomic mass is 16.4. The maximum atomic E-state index is 11.8. The van der Waals surface area contributed by atoms with Crippen molar-refractivity contribution in [2.75, 3.05) is 5.32 Å². The first kappa shape index (κ1) is 11.8. The third-order valence-electron chi connectivity index (χ3n) is 2.21. The Balaban J connectivity index is 2.24. The van der Waals surface area contributed by atoms with Gasteiger partial charge in [0.25, 0.3) is 5.91 Å². The van der Waals surface area contributed by atoms with Crippen molar-refractivity contribution in [1.29, 1.82) is 0 Å². The average Bonchev–Trinajstić information content (AvgIpc) is 2.76. The molecule has 0 atom stereocenters. The number of hydrogen-bond donors (Lipinski definition) is 3. The number of hydrogen-bond acceptors (Lipinski definition) is 4. The normalized spacial score (nSPS) is 10.1. The number of anilines is 1. The monoisotopic (exact) mass is 246 g/mol. The van der Waals surface area contributed by atoms with E-state index in [9.17, 15) is 9.59 Å². The number of amides is 1. The molecule has 0 aromatic carbocycles. The second-order valence-electron chi connectivity index (χ2n) is 3.60. The molecule has 0 unspecified atom stereocenters. The SMILES string of the molecule is Cc1cc(C(=O)Nc2ncccc2C(=O)O)n[nH]1. The van der Waals surface area contributed by atoms with E-state index in [2.05, 4.69) is 20.5 Å². The van der Waals surface area contributed by atoms with Crippen LogP contribution >= 0.6 is 0 Å². The number of carbonyl (C=O) groups is 2. The topological polar surface area (TPSA) is 108 Å². The summed E-state index contributed by atoms with van der Waals surface area (Å²) < 4.78 is 0. The van der Waals surface area contributed by atoms with Crippen molar-refractivity contribution in [3.05, 3.63) is 41.3 Å². The van der Waals surface area contributed by atoms with Crippen LogP contribution in [0, 0.1) is 6.92 Å². The van der Waals surface area contributed by atoms with Gasteiger partial charge in [0.15, 0.2) is 5.69 Å². The van der Waals surface area contributed by atoms with E-state index >= 15 is 0 Å². The summed E-state index contributed by atoms with van der Waals surface area (Å²) >= 11 is 0. The molecule has 0 aliphatic rings. The number of pyridine rings is 1. The Kier molecular flexibility index (Phi) is 3.05. The Morgan fingerprint density at radius 2 is 2.22 bits per heavy atom. The Hall–Kier alpha value is -2.70. The number of aromatic carboxylic acids is 1. The van der Waals surface area contributed by atoms with Crippen LogP contribution in [0.5, 0.6) is 0 Å². The quantitative estimate of drug-likeness (QED) is 0.750. The molecular formula is C11H10N4O3. The lowest BCUT2D eigenvalue weighted by Crippen LogP contribution is -2.16. The maximum Gasteiger partial charge on any atom is 0.339 e. The van der Waals surface area contributed by atoms with Gasteiger partial charge in [0.1, 0.15) is 11.4 Å². The summed E-state index contributed by atoms with van der Waals surface area (Å²) in [5, 5.41) is 17.7. The number of aromatic amines is 1. The number of rotatable bonds is 3. The number of nitrogens with one attached hydrogen (secondary N) is 2. The molecular weight excluding hydrogens is 236 g/mol. The second kappa shape index (κ2) is 4.66. The molecule has 0 fully saturated rings. The molecule has 2 aromatic heterocycles. The summed E-state index contributed by atoms with van der Waals surface area (Å²) in [5.74, 6) is -1.67. The van der Waals surface area contributed by atoms with E-state index in [1.54, 1.807) is 13.0 Å². The fourth-order valence-corrected chi connectivity index (χ4v) is 1.38. The lowest BCUT2D eigenvalue weighted by atomic mass is 10.2. The van der Waals surface area contributed by atoms with Crippen LogP contribution in [0.15, 0.2) is 24.4 Å². The molecule has 0 aliphatic heterocycles. The molecule has 0 aliphatic carbocycles. The molecule has 0 spiro atoms. The molecule has 2 rings (SSSR count). The predicted molar refractivity (Wildman–Crippen MR) is 62.5 cm³/mol. The Bertz CT molecular complexity index is 606. The van der Waals surface area contributed by atoms with E-state index in [0.29, 0.717) is 0 Å². The summed E-state index contributed by atoms with van der Waals surface area (Å²) in [7, 11) is 0. The summed E-state index contributed by atoms with van der Waals surface area (Å²) in [4.78, 5) is 26.5. The molecule has 1 amide bonds. The van der Waals surface area contributed by atoms with Crippen LogP contribution in [-0.2, 0) is 0 Å². The molecule has 7 nitrogen and oxygen atoms in total. The van der Waals surface area contributed by atoms with Crippen LogP contribution < -0.4 is 5.32 Å². The van der Waals surface area contributed by atoms with Gasteiger partial charge in [-0.25, -0.2) is 9.78 Å². The molecule has 92 valence electrons. The van der Waals surface area contributed by atoms with E-state index in [4.69, 9.17) is 5.11 Å². The lowest BCUT2D eigenvalue weighted by Gasteiger charge is -2.04. The van der Waals surface area contributed by atoms with Gasteiger partial charge in [-0.15, -0.1) is 0 Å². The minimum Gasteiger partial charge on any atom is -0.478 e. The standard InChI is InChI=1S/C11H10N4O3/c1-6-5-8(15-14-6)10(16)13-9-7(11(17)18)3-2-4-12-9/h2-5H,1H3,(H,14,15)(H,17,18)(H,12,13,16). The van der Waals surface area contributed by atoms with Gasteiger partial charge < -0.3 is 10.4 Å². The number of nitrogens with zero attached hydrogens (tertiary/aromatic N) is 2. The zero-order valence-electron chi connectivity index (χ0n) is 9.47. The number of aromatic nitrogens is 3. The Morgan fingerprint density at radius 1 is 1.44 bits per heavy atom. The van der Waals surface area contributed by atoms with Crippen molar-refractivity contribution in [3.8, 4) is 0 Å². The first-order chi connectivity index (χ1) is 8.58. The van der Waals surface area contributed by atoms with Gasteiger partial charge >= 0.3 is 5.97 Å². The van der Waals surface area contributed by atoms with Gasteiger partial charge in [0, 0.05) is 11.9 Å². The Morgan fingerprint density at radius 3 is 2.83 bits per heavy atom. The minimum atomic E-state index is -1.16. The fraction of sp³-hybridized carbons (Fsp3) is 0.0909. The first-order valence-corrected chi connectivity index (χ1v) is 5.09. The molecule has 0 bridgehead atoms. The summed E-state index contributed by atoms with van der Waals surface area (Å²) in [5.41, 5.74) is 0.840. The van der Waals surface area contributed by atoms with E-state index in [-0.39, 0.29) is 17.1 Å². The molecule has 0 saturated carbocycles. The van der Waals surface area contributed by atoms with Gasteiger partial charge in [-0.3, -0.25) is 9.89 Å². The lowest BCUT2D eigenvalue weighted by molar-refractivity contribution is 0.0697. The van der Waals surface area contributed by atoms with Crippen molar-refractivity contribution in [2.45, 2.75) is 6.92 Å². The largest absolute Gasteiger partial charge is 0.478 e. The van der Waals surface area contributed by atoms with E-state index < -0.39 is 11.9 Å². The van der Waals surface area contributed by atoms with Gasteiger partial charge in [-0.2, -0.15) is 5.10 Å². The van der Waals surface area contributed by atoms with Crippen molar-refractivity contribution < 1.29 is 14.7 Å². The van der Waals surface area contributed by atoms with Gasteiger partial charge in [-0.05, 0) is 25.1 Å². The number of carbonyl (C=O) groups excluding carboxylic acids is 1. The molecule has 18 heavy (non-hydrogen) atoms. The highest BCUT2D eigenvalue weighted by Gasteiger charge is 2.15. The highest BCUT2D eigenvalue weighted by Crippen LogP contribution is 2.12. The van der Waals surface area contributed by atoms with Crippen molar-refractivity contribution in [1.82, 2.24) is 15.2 Å². The summed E-state index contributed by atoms with van der Waals surface area (Å²) in [6.45, 7) is 1.76.